The third-order valence-electron chi connectivity index (χ3n) is 8.26. The number of para-hydroxylation sites is 3. The van der Waals surface area contributed by atoms with Crippen LogP contribution in [-0.2, 0) is 4.74 Å². The maximum absolute atomic E-state index is 12.4. The lowest BCUT2D eigenvalue weighted by molar-refractivity contribution is 0.0526. The van der Waals surface area contributed by atoms with Crippen LogP contribution in [0.1, 0.15) is 17.3 Å². The van der Waals surface area contributed by atoms with Gasteiger partial charge in [-0.15, -0.1) is 0 Å². The molecule has 0 unspecified atom stereocenters. The number of esters is 1. The topological polar surface area (TPSA) is 42.4 Å². The first kappa shape index (κ1) is 27.2. The molecule has 7 aromatic rings. The lowest BCUT2D eigenvalue weighted by Gasteiger charge is -2.33. The van der Waals surface area contributed by atoms with Crippen molar-refractivity contribution in [1.29, 1.82) is 0 Å². The first-order valence-electron chi connectivity index (χ1n) is 15.0. The van der Waals surface area contributed by atoms with E-state index in [0.29, 0.717) is 12.2 Å². The van der Waals surface area contributed by atoms with Gasteiger partial charge in [0.25, 0.3) is 0 Å². The van der Waals surface area contributed by atoms with Crippen LogP contribution in [0, 0.1) is 0 Å². The number of fused-ring (bicyclic) bond motifs is 4. The minimum absolute atomic E-state index is 0.324. The van der Waals surface area contributed by atoms with Gasteiger partial charge in [0.15, 0.2) is 0 Å². The molecule has 0 N–H and O–H groups in total. The normalized spacial score (nSPS) is 12.2. The average molecular weight is 601 g/mol. The van der Waals surface area contributed by atoms with E-state index in [9.17, 15) is 4.79 Å². The Kier molecular flexibility index (Phi) is 6.81. The number of anilines is 3. The van der Waals surface area contributed by atoms with Crippen molar-refractivity contribution in [2.75, 3.05) is 11.5 Å². The minimum atomic E-state index is -0.324. The van der Waals surface area contributed by atoms with Crippen molar-refractivity contribution in [1.82, 2.24) is 4.98 Å². The molecule has 1 aromatic heterocycles. The Morgan fingerprint density at radius 1 is 0.667 bits per heavy atom. The highest BCUT2D eigenvalue weighted by Crippen LogP contribution is 2.52. The van der Waals surface area contributed by atoms with E-state index >= 15 is 0 Å². The van der Waals surface area contributed by atoms with Crippen LogP contribution in [0.3, 0.4) is 0 Å². The molecule has 1 aliphatic heterocycles. The summed E-state index contributed by atoms with van der Waals surface area (Å²) in [6.07, 6.45) is 0. The van der Waals surface area contributed by atoms with Crippen LogP contribution in [0.15, 0.2) is 149 Å². The summed E-state index contributed by atoms with van der Waals surface area (Å²) in [5, 5.41) is 3.45. The summed E-state index contributed by atoms with van der Waals surface area (Å²) in [7, 11) is 0. The fraction of sp³-hybridized carbons (Fsp3) is 0.0500. The number of benzene rings is 6. The van der Waals surface area contributed by atoms with Crippen molar-refractivity contribution in [3.63, 3.8) is 0 Å². The van der Waals surface area contributed by atoms with Crippen LogP contribution < -0.4 is 4.90 Å². The lowest BCUT2D eigenvalue weighted by Crippen LogP contribution is -2.15. The predicted octanol–water partition coefficient (Wildman–Crippen LogP) is 10.8. The van der Waals surface area contributed by atoms with Crippen LogP contribution in [0.25, 0.3) is 44.1 Å². The standard InChI is InChI=1S/C40H28N2O2S/c1-2-44-40(43)28-23-21-27(22-24-28)33-25-32(30-14-9-12-26-11-3-4-13-29(26)30)31-15-10-18-36(39(31)41-33)42-34-16-5-7-19-37(34)45-38-20-8-6-17-35(38)42/h3-25H,2H2,1H3. The van der Waals surface area contributed by atoms with Crippen molar-refractivity contribution in [2.45, 2.75) is 16.7 Å². The van der Waals surface area contributed by atoms with Crippen molar-refractivity contribution in [3.8, 4) is 22.4 Å². The summed E-state index contributed by atoms with van der Waals surface area (Å²) >= 11 is 1.79. The number of aromatic nitrogens is 1. The van der Waals surface area contributed by atoms with E-state index in [1.807, 2.05) is 31.2 Å². The molecule has 0 radical (unpaired) electrons. The molecule has 45 heavy (non-hydrogen) atoms. The third kappa shape index (κ3) is 4.73. The highest BCUT2D eigenvalue weighted by Gasteiger charge is 2.27. The van der Waals surface area contributed by atoms with Gasteiger partial charge >= 0.3 is 5.97 Å². The van der Waals surface area contributed by atoms with Gasteiger partial charge in [0.2, 0.25) is 0 Å². The molecule has 4 nitrogen and oxygen atoms in total. The van der Waals surface area contributed by atoms with Crippen molar-refractivity contribution in [2.24, 2.45) is 0 Å². The van der Waals surface area contributed by atoms with Crippen LogP contribution in [-0.4, -0.2) is 17.6 Å². The summed E-state index contributed by atoms with van der Waals surface area (Å²) in [6, 6.07) is 48.3. The first-order valence-corrected chi connectivity index (χ1v) is 15.9. The average Bonchev–Trinajstić information content (AvgIpc) is 3.10. The Labute approximate surface area is 265 Å². The van der Waals surface area contributed by atoms with E-state index in [-0.39, 0.29) is 5.97 Å². The Morgan fingerprint density at radius 2 is 1.29 bits per heavy atom. The smallest absolute Gasteiger partial charge is 0.338 e. The van der Waals surface area contributed by atoms with Gasteiger partial charge in [-0.3, -0.25) is 0 Å². The highest BCUT2D eigenvalue weighted by atomic mass is 32.2. The molecule has 0 amide bonds. The quantitative estimate of drug-likeness (QED) is 0.184. The van der Waals surface area contributed by atoms with E-state index in [4.69, 9.17) is 9.72 Å². The highest BCUT2D eigenvalue weighted by molar-refractivity contribution is 7.99. The summed E-state index contributed by atoms with van der Waals surface area (Å²) < 4.78 is 5.23. The molecule has 216 valence electrons. The van der Waals surface area contributed by atoms with E-state index in [0.717, 1.165) is 50.3 Å². The van der Waals surface area contributed by atoms with Gasteiger partial charge in [-0.05, 0) is 77.4 Å². The van der Waals surface area contributed by atoms with Crippen LogP contribution in [0.4, 0.5) is 17.1 Å². The first-order chi connectivity index (χ1) is 22.2. The van der Waals surface area contributed by atoms with Gasteiger partial charge in [0.1, 0.15) is 0 Å². The SMILES string of the molecule is CCOC(=O)c1ccc(-c2cc(-c3cccc4ccccc34)c3cccc(N4c5ccccc5Sc5ccccc54)c3n2)cc1. The van der Waals surface area contributed by atoms with Gasteiger partial charge in [-0.1, -0.05) is 103 Å². The second-order valence-electron chi connectivity index (χ2n) is 10.9. The van der Waals surface area contributed by atoms with E-state index in [1.165, 1.54) is 20.6 Å². The number of hydrogen-bond donors (Lipinski definition) is 0. The molecular weight excluding hydrogens is 573 g/mol. The molecule has 2 heterocycles. The second-order valence-corrected chi connectivity index (χ2v) is 12.0. The zero-order valence-corrected chi connectivity index (χ0v) is 25.4. The molecule has 0 fully saturated rings. The Balaban J connectivity index is 1.41. The molecule has 0 bridgehead atoms. The molecule has 0 saturated heterocycles. The summed E-state index contributed by atoms with van der Waals surface area (Å²) in [6.45, 7) is 2.15. The number of carbonyl (C=O) groups is 1. The second kappa shape index (κ2) is 11.3. The molecule has 5 heteroatoms. The summed E-state index contributed by atoms with van der Waals surface area (Å²) in [5.74, 6) is -0.324. The molecular formula is C40H28N2O2S. The number of carbonyl (C=O) groups excluding carboxylic acids is 1. The summed E-state index contributed by atoms with van der Waals surface area (Å²) in [5.41, 5.74) is 8.72. The van der Waals surface area contributed by atoms with Crippen LogP contribution >= 0.6 is 11.8 Å². The van der Waals surface area contributed by atoms with Crippen molar-refractivity contribution in [3.05, 3.63) is 145 Å². The maximum atomic E-state index is 12.4. The largest absolute Gasteiger partial charge is 0.462 e. The van der Waals surface area contributed by atoms with Gasteiger partial charge in [0.05, 0.1) is 40.4 Å². The number of ether oxygens (including phenoxy) is 1. The molecule has 0 spiro atoms. The zero-order chi connectivity index (χ0) is 30.3. The van der Waals surface area contributed by atoms with E-state index < -0.39 is 0 Å². The van der Waals surface area contributed by atoms with Gasteiger partial charge in [-0.2, -0.15) is 0 Å². The maximum Gasteiger partial charge on any atom is 0.338 e. The number of nitrogens with zero attached hydrogens (tertiary/aromatic N) is 2. The Hall–Kier alpha value is -5.39. The molecule has 6 aromatic carbocycles. The lowest BCUT2D eigenvalue weighted by atomic mass is 9.93. The fourth-order valence-corrected chi connectivity index (χ4v) is 7.26. The van der Waals surface area contributed by atoms with E-state index in [2.05, 4.69) is 120 Å². The van der Waals surface area contributed by atoms with E-state index in [1.54, 1.807) is 11.8 Å². The molecule has 0 atom stereocenters. The number of hydrogen-bond acceptors (Lipinski definition) is 5. The molecule has 8 rings (SSSR count). The van der Waals surface area contributed by atoms with Crippen molar-refractivity contribution < 1.29 is 9.53 Å². The fourth-order valence-electron chi connectivity index (χ4n) is 6.20. The molecule has 0 aliphatic carbocycles. The number of pyridine rings is 1. The van der Waals surface area contributed by atoms with Gasteiger partial charge in [-0.25, -0.2) is 9.78 Å². The van der Waals surface area contributed by atoms with Crippen LogP contribution in [0.5, 0.6) is 0 Å². The third-order valence-corrected chi connectivity index (χ3v) is 9.39. The minimum Gasteiger partial charge on any atom is -0.462 e. The molecule has 0 saturated carbocycles. The van der Waals surface area contributed by atoms with Crippen molar-refractivity contribution >= 4 is 56.5 Å². The van der Waals surface area contributed by atoms with Gasteiger partial charge in [0, 0.05) is 20.7 Å². The molecule has 1 aliphatic rings. The van der Waals surface area contributed by atoms with Gasteiger partial charge < -0.3 is 9.64 Å². The Morgan fingerprint density at radius 3 is 2.04 bits per heavy atom. The number of rotatable bonds is 5. The zero-order valence-electron chi connectivity index (χ0n) is 24.6. The summed E-state index contributed by atoms with van der Waals surface area (Å²) in [4.78, 5) is 22.5. The van der Waals surface area contributed by atoms with Crippen LogP contribution in [0.2, 0.25) is 0 Å². The monoisotopic (exact) mass is 600 g/mol. The Bertz CT molecular complexity index is 2190. The predicted molar refractivity (Wildman–Crippen MR) is 185 cm³/mol.